The van der Waals surface area contributed by atoms with Crippen LogP contribution in [0.4, 0.5) is 4.79 Å². The summed E-state index contributed by atoms with van der Waals surface area (Å²) in [4.78, 5) is 11.9. The number of halogens is 1. The highest BCUT2D eigenvalue weighted by atomic mass is 79.9. The minimum Gasteiger partial charge on any atom is -0.444 e. The summed E-state index contributed by atoms with van der Waals surface area (Å²) < 4.78 is 5.50. The van der Waals surface area contributed by atoms with E-state index in [4.69, 9.17) is 4.74 Å². The molecule has 1 aromatic carbocycles. The van der Waals surface area contributed by atoms with Crippen LogP contribution in [-0.4, -0.2) is 11.7 Å². The molecule has 0 unspecified atom stereocenters. The fraction of sp³-hybridized carbons (Fsp3) is 0.588. The first-order valence-corrected chi connectivity index (χ1v) is 8.55. The molecule has 0 bridgehead atoms. The number of hydrogen-bond donors (Lipinski definition) is 1. The Bertz CT molecular complexity index is 441. The number of ether oxygens (including phenoxy) is 1. The van der Waals surface area contributed by atoms with Crippen molar-refractivity contribution in [2.24, 2.45) is 5.92 Å². The SMILES string of the molecule is CC(C)CCC(C)(C)OC(=O)NCc1ccc(CBr)cc1. The third-order valence-electron chi connectivity index (χ3n) is 3.31. The maximum absolute atomic E-state index is 11.9. The molecule has 0 saturated heterocycles. The van der Waals surface area contributed by atoms with Crippen LogP contribution in [0.1, 0.15) is 51.7 Å². The van der Waals surface area contributed by atoms with Crippen molar-refractivity contribution in [3.8, 4) is 0 Å². The predicted molar refractivity (Wildman–Crippen MR) is 90.5 cm³/mol. The molecule has 1 N–H and O–H groups in total. The lowest BCUT2D eigenvalue weighted by atomic mass is 9.97. The molecular formula is C17H26BrNO2. The molecule has 0 fully saturated rings. The van der Waals surface area contributed by atoms with Crippen LogP contribution in [0.3, 0.4) is 0 Å². The lowest BCUT2D eigenvalue weighted by Gasteiger charge is -2.26. The second-order valence-electron chi connectivity index (χ2n) is 6.39. The van der Waals surface area contributed by atoms with Gasteiger partial charge in [0.25, 0.3) is 0 Å². The van der Waals surface area contributed by atoms with Crippen LogP contribution in [0.25, 0.3) is 0 Å². The molecule has 0 aliphatic carbocycles. The fourth-order valence-electron chi connectivity index (χ4n) is 1.89. The van der Waals surface area contributed by atoms with E-state index in [9.17, 15) is 4.79 Å². The van der Waals surface area contributed by atoms with Crippen molar-refractivity contribution < 1.29 is 9.53 Å². The van der Waals surface area contributed by atoms with Crippen molar-refractivity contribution in [1.82, 2.24) is 5.32 Å². The maximum atomic E-state index is 11.9. The van der Waals surface area contributed by atoms with Crippen LogP contribution < -0.4 is 5.32 Å². The van der Waals surface area contributed by atoms with Gasteiger partial charge in [-0.3, -0.25) is 0 Å². The molecular weight excluding hydrogens is 330 g/mol. The molecule has 21 heavy (non-hydrogen) atoms. The van der Waals surface area contributed by atoms with Gasteiger partial charge in [0.05, 0.1) is 0 Å². The Morgan fingerprint density at radius 2 is 1.81 bits per heavy atom. The molecule has 1 rings (SSSR count). The van der Waals surface area contributed by atoms with E-state index < -0.39 is 5.60 Å². The normalized spacial score (nSPS) is 11.5. The summed E-state index contributed by atoms with van der Waals surface area (Å²) in [5.74, 6) is 0.615. The second kappa shape index (κ2) is 8.42. The average molecular weight is 356 g/mol. The zero-order chi connectivity index (χ0) is 15.9. The minimum absolute atomic E-state index is 0.353. The van der Waals surface area contributed by atoms with E-state index in [2.05, 4.69) is 35.1 Å². The monoisotopic (exact) mass is 355 g/mol. The lowest BCUT2D eigenvalue weighted by Crippen LogP contribution is -2.34. The molecule has 0 atom stereocenters. The zero-order valence-corrected chi connectivity index (χ0v) is 15.0. The maximum Gasteiger partial charge on any atom is 0.407 e. The molecule has 0 saturated carbocycles. The molecule has 0 aromatic heterocycles. The van der Waals surface area contributed by atoms with E-state index >= 15 is 0 Å². The minimum atomic E-state index is -0.422. The quantitative estimate of drug-likeness (QED) is 0.697. The summed E-state index contributed by atoms with van der Waals surface area (Å²) in [6.45, 7) is 8.75. The van der Waals surface area contributed by atoms with Gasteiger partial charge in [-0.25, -0.2) is 4.79 Å². The lowest BCUT2D eigenvalue weighted by molar-refractivity contribution is 0.0287. The van der Waals surface area contributed by atoms with Gasteiger partial charge in [0.2, 0.25) is 0 Å². The summed E-state index contributed by atoms with van der Waals surface area (Å²) in [6, 6.07) is 8.12. The molecule has 118 valence electrons. The molecule has 4 heteroatoms. The highest BCUT2D eigenvalue weighted by molar-refractivity contribution is 9.08. The molecule has 0 radical (unpaired) electrons. The molecule has 0 aliphatic rings. The Hall–Kier alpha value is -1.03. The van der Waals surface area contributed by atoms with E-state index in [1.807, 2.05) is 38.1 Å². The number of alkyl carbamates (subject to hydrolysis) is 1. The van der Waals surface area contributed by atoms with Crippen molar-refractivity contribution in [2.45, 2.75) is 58.0 Å². The van der Waals surface area contributed by atoms with Crippen LogP contribution >= 0.6 is 15.9 Å². The van der Waals surface area contributed by atoms with Crippen LogP contribution in [0.2, 0.25) is 0 Å². The van der Waals surface area contributed by atoms with E-state index in [-0.39, 0.29) is 6.09 Å². The summed E-state index contributed by atoms with van der Waals surface area (Å²) in [5, 5.41) is 3.65. The topological polar surface area (TPSA) is 38.3 Å². The molecule has 0 heterocycles. The molecule has 0 aliphatic heterocycles. The standard InChI is InChI=1S/C17H26BrNO2/c1-13(2)9-10-17(3,4)21-16(20)19-12-15-7-5-14(11-18)6-8-15/h5-8,13H,9-12H2,1-4H3,(H,19,20). The first-order valence-electron chi connectivity index (χ1n) is 7.43. The number of amides is 1. The van der Waals surface area contributed by atoms with Gasteiger partial charge in [-0.1, -0.05) is 54.0 Å². The van der Waals surface area contributed by atoms with Crippen molar-refractivity contribution in [1.29, 1.82) is 0 Å². The van der Waals surface area contributed by atoms with Crippen LogP contribution in [-0.2, 0) is 16.6 Å². The number of carbonyl (C=O) groups is 1. The third kappa shape index (κ3) is 7.51. The molecule has 1 aromatic rings. The van der Waals surface area contributed by atoms with Gasteiger partial charge >= 0.3 is 6.09 Å². The van der Waals surface area contributed by atoms with Crippen LogP contribution in [0.5, 0.6) is 0 Å². The van der Waals surface area contributed by atoms with Crippen molar-refractivity contribution in [2.75, 3.05) is 0 Å². The zero-order valence-electron chi connectivity index (χ0n) is 13.4. The number of benzene rings is 1. The predicted octanol–water partition coefficient (Wildman–Crippen LogP) is 5.02. The Morgan fingerprint density at radius 1 is 1.24 bits per heavy atom. The van der Waals surface area contributed by atoms with Crippen molar-refractivity contribution in [3.05, 3.63) is 35.4 Å². The Kier molecular flexibility index (Phi) is 7.23. The Morgan fingerprint density at radius 3 is 2.33 bits per heavy atom. The smallest absolute Gasteiger partial charge is 0.407 e. The summed E-state index contributed by atoms with van der Waals surface area (Å²) in [5.41, 5.74) is 1.86. The van der Waals surface area contributed by atoms with Crippen molar-refractivity contribution in [3.63, 3.8) is 0 Å². The van der Waals surface area contributed by atoms with E-state index in [0.717, 1.165) is 23.7 Å². The fourth-order valence-corrected chi connectivity index (χ4v) is 2.27. The van der Waals surface area contributed by atoms with Gasteiger partial charge in [-0.2, -0.15) is 0 Å². The van der Waals surface area contributed by atoms with Gasteiger partial charge in [0.1, 0.15) is 5.60 Å². The summed E-state index contributed by atoms with van der Waals surface area (Å²) >= 11 is 3.41. The number of rotatable bonds is 7. The van der Waals surface area contributed by atoms with E-state index in [1.165, 1.54) is 5.56 Å². The van der Waals surface area contributed by atoms with E-state index in [1.54, 1.807) is 0 Å². The van der Waals surface area contributed by atoms with Gasteiger partial charge in [0.15, 0.2) is 0 Å². The number of hydrogen-bond acceptors (Lipinski definition) is 2. The van der Waals surface area contributed by atoms with Crippen LogP contribution in [0.15, 0.2) is 24.3 Å². The number of nitrogens with one attached hydrogen (secondary N) is 1. The third-order valence-corrected chi connectivity index (χ3v) is 3.95. The van der Waals surface area contributed by atoms with Gasteiger partial charge < -0.3 is 10.1 Å². The van der Waals surface area contributed by atoms with Gasteiger partial charge in [0, 0.05) is 11.9 Å². The first kappa shape index (κ1) is 18.0. The molecule has 3 nitrogen and oxygen atoms in total. The van der Waals surface area contributed by atoms with E-state index in [0.29, 0.717) is 12.5 Å². The highest BCUT2D eigenvalue weighted by Gasteiger charge is 2.22. The number of carbonyl (C=O) groups excluding carboxylic acids is 1. The molecule has 1 amide bonds. The molecule has 0 spiro atoms. The largest absolute Gasteiger partial charge is 0.444 e. The van der Waals surface area contributed by atoms with Gasteiger partial charge in [-0.15, -0.1) is 0 Å². The van der Waals surface area contributed by atoms with Gasteiger partial charge in [-0.05, 0) is 43.7 Å². The number of alkyl halides is 1. The summed E-state index contributed by atoms with van der Waals surface area (Å²) in [7, 11) is 0. The first-order chi connectivity index (χ1) is 9.82. The van der Waals surface area contributed by atoms with Crippen molar-refractivity contribution >= 4 is 22.0 Å². The second-order valence-corrected chi connectivity index (χ2v) is 6.95. The Balaban J connectivity index is 2.38. The average Bonchev–Trinajstić information content (AvgIpc) is 2.43. The highest BCUT2D eigenvalue weighted by Crippen LogP contribution is 2.20. The Labute approximate surface area is 136 Å². The summed E-state index contributed by atoms with van der Waals surface area (Å²) in [6.07, 6.45) is 1.57. The van der Waals surface area contributed by atoms with Crippen LogP contribution in [0, 0.1) is 5.92 Å².